The molecule has 0 heterocycles. The molecule has 0 unspecified atom stereocenters. The number of nitrogens with one attached hydrogen (secondary N) is 2. The van der Waals surface area contributed by atoms with Gasteiger partial charge in [-0.25, -0.2) is 8.42 Å². The molecule has 10 heteroatoms. The average Bonchev–Trinajstić information content (AvgIpc) is 2.60. The van der Waals surface area contributed by atoms with Crippen LogP contribution < -0.4 is 10.0 Å². The lowest BCUT2D eigenvalue weighted by molar-refractivity contribution is -0.136. The second-order valence-corrected chi connectivity index (χ2v) is 8.99. The van der Waals surface area contributed by atoms with Gasteiger partial charge in [-0.1, -0.05) is 31.5 Å². The average molecular weight is 449 g/mol. The van der Waals surface area contributed by atoms with Crippen molar-refractivity contribution in [1.29, 1.82) is 0 Å². The van der Waals surface area contributed by atoms with Gasteiger partial charge in [0.1, 0.15) is 0 Å². The van der Waals surface area contributed by atoms with Crippen LogP contribution in [0.4, 0.5) is 18.9 Å². The molecule has 0 saturated carbocycles. The van der Waals surface area contributed by atoms with Crippen LogP contribution in [-0.4, -0.2) is 20.9 Å². The number of rotatable bonds is 6. The number of anilines is 1. The molecule has 0 atom stereocenters. The lowest BCUT2D eigenvalue weighted by atomic mass is 10.1. The summed E-state index contributed by atoms with van der Waals surface area (Å²) in [6, 6.07) is 6.50. The van der Waals surface area contributed by atoms with Gasteiger partial charge in [0.2, 0.25) is 0 Å². The Morgan fingerprint density at radius 3 is 2.38 bits per heavy atom. The highest BCUT2D eigenvalue weighted by Crippen LogP contribution is 2.37. The van der Waals surface area contributed by atoms with Crippen molar-refractivity contribution in [3.8, 4) is 0 Å². The molecule has 0 bridgehead atoms. The molecule has 5 nitrogen and oxygen atoms in total. The van der Waals surface area contributed by atoms with E-state index in [0.717, 1.165) is 18.2 Å². The van der Waals surface area contributed by atoms with Crippen LogP contribution in [0.1, 0.15) is 35.3 Å². The third-order valence-electron chi connectivity index (χ3n) is 3.97. The zero-order chi connectivity index (χ0) is 22.0. The molecule has 2 aromatic carbocycles. The number of amides is 1. The molecular weight excluding hydrogens is 429 g/mol. The van der Waals surface area contributed by atoms with Crippen molar-refractivity contribution >= 4 is 33.2 Å². The zero-order valence-corrected chi connectivity index (χ0v) is 17.5. The largest absolute Gasteiger partial charge is 0.418 e. The van der Waals surface area contributed by atoms with Gasteiger partial charge in [0.25, 0.3) is 15.9 Å². The van der Waals surface area contributed by atoms with Crippen molar-refractivity contribution in [3.05, 3.63) is 58.1 Å². The normalized spacial score (nSPS) is 12.1. The maximum Gasteiger partial charge on any atom is 0.418 e. The number of benzene rings is 2. The summed E-state index contributed by atoms with van der Waals surface area (Å²) in [5, 5.41) is 2.50. The summed E-state index contributed by atoms with van der Waals surface area (Å²) < 4.78 is 67.0. The predicted octanol–water partition coefficient (Wildman–Crippen LogP) is 4.85. The first-order valence-corrected chi connectivity index (χ1v) is 10.5. The highest BCUT2D eigenvalue weighted by molar-refractivity contribution is 7.92. The Morgan fingerprint density at radius 1 is 1.14 bits per heavy atom. The van der Waals surface area contributed by atoms with Gasteiger partial charge >= 0.3 is 6.18 Å². The number of sulfonamides is 1. The molecule has 0 saturated heterocycles. The SMILES string of the molecule is Cc1ccc(S(=O)(=O)Nc2ccc(Cl)cc2C(F)(F)F)cc1C(=O)NCC(C)C. The number of hydrogen-bond donors (Lipinski definition) is 2. The van der Waals surface area contributed by atoms with Crippen LogP contribution in [0.2, 0.25) is 5.02 Å². The smallest absolute Gasteiger partial charge is 0.352 e. The molecular formula is C19H20ClF3N2O3S. The summed E-state index contributed by atoms with van der Waals surface area (Å²) in [4.78, 5) is 12.0. The molecule has 2 N–H and O–H groups in total. The monoisotopic (exact) mass is 448 g/mol. The molecule has 0 radical (unpaired) electrons. The molecule has 158 valence electrons. The second kappa shape index (κ2) is 8.62. The number of hydrogen-bond acceptors (Lipinski definition) is 3. The van der Waals surface area contributed by atoms with Gasteiger partial charge in [-0.05, 0) is 48.7 Å². The van der Waals surface area contributed by atoms with Crippen molar-refractivity contribution in [2.24, 2.45) is 5.92 Å². The van der Waals surface area contributed by atoms with Gasteiger partial charge in [0.15, 0.2) is 0 Å². The first kappa shape index (κ1) is 23.0. The topological polar surface area (TPSA) is 75.3 Å². The van der Waals surface area contributed by atoms with E-state index in [-0.39, 0.29) is 21.4 Å². The molecule has 0 fully saturated rings. The lowest BCUT2D eigenvalue weighted by Gasteiger charge is -2.16. The highest BCUT2D eigenvalue weighted by Gasteiger charge is 2.35. The van der Waals surface area contributed by atoms with E-state index in [0.29, 0.717) is 18.2 Å². The third kappa shape index (κ3) is 5.86. The lowest BCUT2D eigenvalue weighted by Crippen LogP contribution is -2.28. The van der Waals surface area contributed by atoms with Crippen LogP contribution in [0, 0.1) is 12.8 Å². The van der Waals surface area contributed by atoms with E-state index >= 15 is 0 Å². The van der Waals surface area contributed by atoms with Gasteiger partial charge in [-0.3, -0.25) is 9.52 Å². The van der Waals surface area contributed by atoms with E-state index < -0.39 is 33.4 Å². The van der Waals surface area contributed by atoms with Gasteiger partial charge in [-0.15, -0.1) is 0 Å². The van der Waals surface area contributed by atoms with E-state index in [9.17, 15) is 26.4 Å². The van der Waals surface area contributed by atoms with Gasteiger partial charge in [0, 0.05) is 17.1 Å². The van der Waals surface area contributed by atoms with Crippen LogP contribution in [0.25, 0.3) is 0 Å². The summed E-state index contributed by atoms with van der Waals surface area (Å²) >= 11 is 5.61. The minimum Gasteiger partial charge on any atom is -0.352 e. The van der Waals surface area contributed by atoms with E-state index in [1.54, 1.807) is 6.92 Å². The maximum absolute atomic E-state index is 13.2. The molecule has 2 aromatic rings. The Kier molecular flexibility index (Phi) is 6.85. The Morgan fingerprint density at radius 2 is 1.79 bits per heavy atom. The van der Waals surface area contributed by atoms with Crippen LogP contribution in [0.15, 0.2) is 41.3 Å². The standard InChI is InChI=1S/C19H20ClF3N2O3S/c1-11(2)10-24-18(26)15-9-14(6-4-12(15)3)29(27,28)25-17-7-5-13(20)8-16(17)19(21,22)23/h4-9,11,25H,10H2,1-3H3,(H,24,26). The van der Waals surface area contributed by atoms with Crippen molar-refractivity contribution in [1.82, 2.24) is 5.32 Å². The van der Waals surface area contributed by atoms with Crippen molar-refractivity contribution < 1.29 is 26.4 Å². The Balaban J connectivity index is 2.40. The molecule has 0 spiro atoms. The Hall–Kier alpha value is -2.26. The van der Waals surface area contributed by atoms with Crippen LogP contribution in [0.3, 0.4) is 0 Å². The van der Waals surface area contributed by atoms with Gasteiger partial charge in [0.05, 0.1) is 16.1 Å². The molecule has 1 amide bonds. The number of halogens is 4. The second-order valence-electron chi connectivity index (χ2n) is 6.87. The van der Waals surface area contributed by atoms with Gasteiger partial charge in [-0.2, -0.15) is 13.2 Å². The first-order chi connectivity index (χ1) is 13.3. The van der Waals surface area contributed by atoms with Crippen LogP contribution >= 0.6 is 11.6 Å². The minimum atomic E-state index is -4.81. The van der Waals surface area contributed by atoms with Crippen LogP contribution in [-0.2, 0) is 16.2 Å². The fourth-order valence-corrected chi connectivity index (χ4v) is 3.73. The number of carbonyl (C=O) groups is 1. The Bertz CT molecular complexity index is 1020. The van der Waals surface area contributed by atoms with Crippen molar-refractivity contribution in [2.45, 2.75) is 31.8 Å². The molecule has 0 aliphatic carbocycles. The van der Waals surface area contributed by atoms with E-state index in [1.165, 1.54) is 12.1 Å². The van der Waals surface area contributed by atoms with E-state index in [1.807, 2.05) is 18.6 Å². The maximum atomic E-state index is 13.2. The van der Waals surface area contributed by atoms with Crippen molar-refractivity contribution in [3.63, 3.8) is 0 Å². The summed E-state index contributed by atoms with van der Waals surface area (Å²) in [6.07, 6.45) is -4.81. The predicted molar refractivity (Wildman–Crippen MR) is 106 cm³/mol. The fraction of sp³-hybridized carbons (Fsp3) is 0.316. The molecule has 2 rings (SSSR count). The minimum absolute atomic E-state index is 0.126. The quantitative estimate of drug-likeness (QED) is 0.663. The summed E-state index contributed by atoms with van der Waals surface area (Å²) in [5.74, 6) is -0.269. The highest BCUT2D eigenvalue weighted by atomic mass is 35.5. The third-order valence-corrected chi connectivity index (χ3v) is 5.56. The van der Waals surface area contributed by atoms with Crippen LogP contribution in [0.5, 0.6) is 0 Å². The first-order valence-electron chi connectivity index (χ1n) is 8.59. The van der Waals surface area contributed by atoms with Crippen molar-refractivity contribution in [2.75, 3.05) is 11.3 Å². The van der Waals surface area contributed by atoms with Gasteiger partial charge < -0.3 is 5.32 Å². The molecule has 0 aliphatic rings. The molecule has 0 aliphatic heterocycles. The van der Waals surface area contributed by atoms with E-state index in [2.05, 4.69) is 5.32 Å². The zero-order valence-electron chi connectivity index (χ0n) is 15.9. The molecule has 29 heavy (non-hydrogen) atoms. The number of aryl methyl sites for hydroxylation is 1. The fourth-order valence-electron chi connectivity index (χ4n) is 2.45. The summed E-state index contributed by atoms with van der Waals surface area (Å²) in [6.45, 7) is 5.84. The van der Waals surface area contributed by atoms with E-state index in [4.69, 9.17) is 11.6 Å². The summed E-state index contributed by atoms with van der Waals surface area (Å²) in [5.41, 5.74) is -1.21. The number of alkyl halides is 3. The number of carbonyl (C=O) groups excluding carboxylic acids is 1. The Labute approximate surface area is 172 Å². The summed E-state index contributed by atoms with van der Waals surface area (Å²) in [7, 11) is -4.39. The molecule has 0 aromatic heterocycles.